The first kappa shape index (κ1) is 15.9. The Labute approximate surface area is 103 Å². The summed E-state index contributed by atoms with van der Waals surface area (Å²) >= 11 is 0. The second kappa shape index (κ2) is 6.02. The number of rotatable bonds is 6. The van der Waals surface area contributed by atoms with Gasteiger partial charge in [-0.05, 0) is 46.0 Å². The molecule has 0 aliphatic heterocycles. The van der Waals surface area contributed by atoms with E-state index in [4.69, 9.17) is 0 Å². The highest BCUT2D eigenvalue weighted by Gasteiger charge is 2.31. The van der Waals surface area contributed by atoms with Gasteiger partial charge in [0.2, 0.25) is 0 Å². The van der Waals surface area contributed by atoms with Gasteiger partial charge < -0.3 is 0 Å². The quantitative estimate of drug-likeness (QED) is 0.680. The number of hydrogen-bond donors (Lipinski definition) is 2. The Morgan fingerprint density at radius 1 is 1.00 bits per heavy atom. The summed E-state index contributed by atoms with van der Waals surface area (Å²) in [6.45, 7) is 18.1. The lowest BCUT2D eigenvalue weighted by atomic mass is 9.84. The van der Waals surface area contributed by atoms with Crippen LogP contribution in [0.1, 0.15) is 68.2 Å². The van der Waals surface area contributed by atoms with Crippen LogP contribution in [0.3, 0.4) is 0 Å². The van der Waals surface area contributed by atoms with E-state index in [-0.39, 0.29) is 11.0 Å². The second-order valence-electron chi connectivity index (χ2n) is 6.65. The van der Waals surface area contributed by atoms with Crippen LogP contribution in [-0.4, -0.2) is 17.7 Å². The first-order valence-corrected chi connectivity index (χ1v) is 6.66. The van der Waals surface area contributed by atoms with Gasteiger partial charge in [-0.1, -0.05) is 27.7 Å². The second-order valence-corrected chi connectivity index (χ2v) is 6.65. The maximum Gasteiger partial charge on any atom is 0.0630 e. The molecule has 0 heterocycles. The molecule has 0 saturated heterocycles. The molecular formula is C14H32N2. The maximum atomic E-state index is 3.70. The SMILES string of the molecule is CCC(C)NC(NC(C)(C)C)C(C)(C)CC. The lowest BCUT2D eigenvalue weighted by molar-refractivity contribution is 0.148. The number of nitrogens with one attached hydrogen (secondary N) is 2. The van der Waals surface area contributed by atoms with Crippen LogP contribution in [0.25, 0.3) is 0 Å². The molecule has 0 radical (unpaired) electrons. The molecule has 2 nitrogen and oxygen atoms in total. The fourth-order valence-corrected chi connectivity index (χ4v) is 1.50. The highest BCUT2D eigenvalue weighted by Crippen LogP contribution is 2.25. The maximum absolute atomic E-state index is 3.70. The summed E-state index contributed by atoms with van der Waals surface area (Å²) in [6, 6.07) is 0.561. The molecular weight excluding hydrogens is 196 g/mol. The van der Waals surface area contributed by atoms with Crippen molar-refractivity contribution in [1.82, 2.24) is 10.6 Å². The lowest BCUT2D eigenvalue weighted by Gasteiger charge is -2.41. The molecule has 0 aromatic carbocycles. The van der Waals surface area contributed by atoms with E-state index >= 15 is 0 Å². The van der Waals surface area contributed by atoms with Crippen molar-refractivity contribution in [3.63, 3.8) is 0 Å². The van der Waals surface area contributed by atoms with Gasteiger partial charge in [0.05, 0.1) is 6.17 Å². The van der Waals surface area contributed by atoms with Crippen molar-refractivity contribution >= 4 is 0 Å². The predicted molar refractivity (Wildman–Crippen MR) is 73.6 cm³/mol. The molecule has 98 valence electrons. The zero-order chi connectivity index (χ0) is 13.0. The van der Waals surface area contributed by atoms with Crippen molar-refractivity contribution in [2.45, 2.75) is 86.0 Å². The van der Waals surface area contributed by atoms with Gasteiger partial charge in [-0.15, -0.1) is 0 Å². The molecule has 2 heteroatoms. The standard InChI is InChI=1S/C14H32N2/c1-9-11(3)15-12(14(7,8)10-2)16-13(4,5)6/h11-12,15-16H,9-10H2,1-8H3. The summed E-state index contributed by atoms with van der Waals surface area (Å²) in [5.74, 6) is 0. The van der Waals surface area contributed by atoms with Crippen LogP contribution in [0.5, 0.6) is 0 Å². The van der Waals surface area contributed by atoms with Gasteiger partial charge in [0.15, 0.2) is 0 Å². The summed E-state index contributed by atoms with van der Waals surface area (Å²) < 4.78 is 0. The van der Waals surface area contributed by atoms with Gasteiger partial charge in [-0.2, -0.15) is 0 Å². The van der Waals surface area contributed by atoms with Gasteiger partial charge in [-0.25, -0.2) is 0 Å². The molecule has 0 amide bonds. The molecule has 0 spiro atoms. The topological polar surface area (TPSA) is 24.1 Å². The van der Waals surface area contributed by atoms with Gasteiger partial charge >= 0.3 is 0 Å². The fourth-order valence-electron chi connectivity index (χ4n) is 1.50. The highest BCUT2D eigenvalue weighted by molar-refractivity contribution is 4.87. The first-order chi connectivity index (χ1) is 7.12. The molecule has 0 fully saturated rings. The van der Waals surface area contributed by atoms with Crippen molar-refractivity contribution in [2.75, 3.05) is 0 Å². The van der Waals surface area contributed by atoms with Gasteiger partial charge in [-0.3, -0.25) is 10.6 Å². The monoisotopic (exact) mass is 228 g/mol. The molecule has 0 bridgehead atoms. The van der Waals surface area contributed by atoms with Crippen molar-refractivity contribution < 1.29 is 0 Å². The Hall–Kier alpha value is -0.0800. The van der Waals surface area contributed by atoms with E-state index in [9.17, 15) is 0 Å². The Bertz CT molecular complexity index is 191. The third kappa shape index (κ3) is 5.86. The molecule has 0 aliphatic rings. The molecule has 0 saturated carbocycles. The third-order valence-electron chi connectivity index (χ3n) is 3.33. The van der Waals surface area contributed by atoms with Crippen LogP contribution < -0.4 is 10.6 Å². The van der Waals surface area contributed by atoms with Crippen LogP contribution in [0.2, 0.25) is 0 Å². The minimum absolute atomic E-state index is 0.150. The summed E-state index contributed by atoms with van der Waals surface area (Å²) in [7, 11) is 0. The van der Waals surface area contributed by atoms with Crippen LogP contribution >= 0.6 is 0 Å². The molecule has 0 rings (SSSR count). The Kier molecular flexibility index (Phi) is 5.99. The molecule has 2 N–H and O–H groups in total. The van der Waals surface area contributed by atoms with Gasteiger partial charge in [0.1, 0.15) is 0 Å². The van der Waals surface area contributed by atoms with E-state index in [2.05, 4.69) is 66.0 Å². The van der Waals surface area contributed by atoms with Crippen LogP contribution in [0, 0.1) is 5.41 Å². The molecule has 0 aromatic heterocycles. The average Bonchev–Trinajstić information content (AvgIpc) is 2.14. The highest BCUT2D eigenvalue weighted by atomic mass is 15.2. The molecule has 0 aromatic rings. The summed E-state index contributed by atoms with van der Waals surface area (Å²) in [5.41, 5.74) is 0.425. The van der Waals surface area contributed by atoms with Crippen molar-refractivity contribution in [3.05, 3.63) is 0 Å². The van der Waals surface area contributed by atoms with E-state index in [0.717, 1.165) is 0 Å². The van der Waals surface area contributed by atoms with Gasteiger partial charge in [0, 0.05) is 11.6 Å². The van der Waals surface area contributed by atoms with E-state index in [1.807, 2.05) is 0 Å². The lowest BCUT2D eigenvalue weighted by Crippen LogP contribution is -2.59. The first-order valence-electron chi connectivity index (χ1n) is 6.66. The molecule has 16 heavy (non-hydrogen) atoms. The zero-order valence-electron chi connectivity index (χ0n) is 12.6. The Balaban J connectivity index is 4.64. The van der Waals surface area contributed by atoms with E-state index in [1.165, 1.54) is 12.8 Å². The summed E-state index contributed by atoms with van der Waals surface area (Å²) in [4.78, 5) is 0. The van der Waals surface area contributed by atoms with Crippen LogP contribution in [-0.2, 0) is 0 Å². The van der Waals surface area contributed by atoms with Crippen LogP contribution in [0.4, 0.5) is 0 Å². The predicted octanol–water partition coefficient (Wildman–Crippen LogP) is 3.52. The molecule has 0 aliphatic carbocycles. The molecule has 2 atom stereocenters. The van der Waals surface area contributed by atoms with Gasteiger partial charge in [0.25, 0.3) is 0 Å². The summed E-state index contributed by atoms with van der Waals surface area (Å²) in [5, 5.41) is 7.40. The van der Waals surface area contributed by atoms with Crippen molar-refractivity contribution in [3.8, 4) is 0 Å². The van der Waals surface area contributed by atoms with Crippen molar-refractivity contribution in [1.29, 1.82) is 0 Å². The largest absolute Gasteiger partial charge is 0.299 e. The van der Waals surface area contributed by atoms with Crippen molar-refractivity contribution in [2.24, 2.45) is 5.41 Å². The normalized spacial score (nSPS) is 17.2. The third-order valence-corrected chi connectivity index (χ3v) is 3.33. The smallest absolute Gasteiger partial charge is 0.0630 e. The van der Waals surface area contributed by atoms with E-state index in [0.29, 0.717) is 12.2 Å². The minimum Gasteiger partial charge on any atom is -0.299 e. The summed E-state index contributed by atoms with van der Waals surface area (Å²) in [6.07, 6.45) is 2.71. The Morgan fingerprint density at radius 2 is 1.50 bits per heavy atom. The van der Waals surface area contributed by atoms with E-state index in [1.54, 1.807) is 0 Å². The fraction of sp³-hybridized carbons (Fsp3) is 1.00. The number of hydrogen-bond acceptors (Lipinski definition) is 2. The zero-order valence-corrected chi connectivity index (χ0v) is 12.6. The average molecular weight is 228 g/mol. The Morgan fingerprint density at radius 3 is 1.81 bits per heavy atom. The minimum atomic E-state index is 0.150. The molecule has 2 unspecified atom stereocenters. The van der Waals surface area contributed by atoms with Crippen LogP contribution in [0.15, 0.2) is 0 Å². The van der Waals surface area contributed by atoms with E-state index < -0.39 is 0 Å².